The van der Waals surface area contributed by atoms with Gasteiger partial charge in [-0.2, -0.15) is 0 Å². The molecule has 1 aliphatic heterocycles. The average Bonchev–Trinajstić information content (AvgIpc) is 3.04. The number of carboxylic acids is 1. The van der Waals surface area contributed by atoms with E-state index in [2.05, 4.69) is 12.1 Å². The molecule has 3 rings (SSSR count). The molecule has 1 saturated heterocycles. The molecule has 1 saturated carbocycles. The molecule has 124 valence electrons. The molecule has 1 heterocycles. The van der Waals surface area contributed by atoms with Gasteiger partial charge in [-0.15, -0.1) is 0 Å². The van der Waals surface area contributed by atoms with Gasteiger partial charge in [0, 0.05) is 12.0 Å². The Morgan fingerprint density at radius 2 is 1.83 bits per heavy atom. The van der Waals surface area contributed by atoms with E-state index < -0.39 is 11.8 Å². The number of benzene rings is 1. The highest BCUT2D eigenvalue weighted by atomic mass is 16.7. The van der Waals surface area contributed by atoms with Crippen LogP contribution in [-0.2, 0) is 19.7 Å². The summed E-state index contributed by atoms with van der Waals surface area (Å²) in [4.78, 5) is 11.2. The van der Waals surface area contributed by atoms with Crippen molar-refractivity contribution in [3.63, 3.8) is 0 Å². The van der Waals surface area contributed by atoms with Gasteiger partial charge in [0.05, 0.1) is 18.6 Å². The number of carbonyl (C=O) groups is 1. The van der Waals surface area contributed by atoms with Gasteiger partial charge < -0.3 is 14.6 Å². The Bertz CT molecular complexity index is 587. The van der Waals surface area contributed by atoms with Crippen LogP contribution in [0, 0.1) is 0 Å². The predicted octanol–water partition coefficient (Wildman–Crippen LogP) is 3.66. The van der Waals surface area contributed by atoms with Gasteiger partial charge in [-0.05, 0) is 31.7 Å². The molecular formula is C19H24O4. The Hall–Kier alpha value is -1.65. The van der Waals surface area contributed by atoms with Crippen LogP contribution < -0.4 is 0 Å². The van der Waals surface area contributed by atoms with Crippen molar-refractivity contribution in [2.75, 3.05) is 13.2 Å². The fourth-order valence-electron chi connectivity index (χ4n) is 4.00. The Labute approximate surface area is 137 Å². The van der Waals surface area contributed by atoms with Gasteiger partial charge in [-0.1, -0.05) is 42.8 Å². The first-order valence-electron chi connectivity index (χ1n) is 8.33. The van der Waals surface area contributed by atoms with Crippen LogP contribution in [0.2, 0.25) is 0 Å². The van der Waals surface area contributed by atoms with Crippen LogP contribution in [0.25, 0.3) is 0 Å². The molecule has 4 nitrogen and oxygen atoms in total. The molecule has 1 aromatic carbocycles. The smallest absolute Gasteiger partial charge is 0.330 e. The van der Waals surface area contributed by atoms with E-state index in [4.69, 9.17) is 9.47 Å². The molecule has 1 atom stereocenters. The lowest BCUT2D eigenvalue weighted by molar-refractivity contribution is -0.226. The number of allylic oxidation sites excluding steroid dienone is 1. The van der Waals surface area contributed by atoms with Crippen molar-refractivity contribution >= 4 is 5.97 Å². The second kappa shape index (κ2) is 6.46. The summed E-state index contributed by atoms with van der Waals surface area (Å²) in [5, 5.41) is 9.19. The molecule has 2 aliphatic rings. The van der Waals surface area contributed by atoms with Crippen LogP contribution >= 0.6 is 0 Å². The normalized spacial score (nSPS) is 27.3. The second-order valence-corrected chi connectivity index (χ2v) is 6.50. The molecule has 4 heteroatoms. The van der Waals surface area contributed by atoms with Crippen molar-refractivity contribution in [2.45, 2.75) is 50.2 Å². The Morgan fingerprint density at radius 3 is 2.48 bits per heavy atom. The molecule has 1 aromatic rings. The van der Waals surface area contributed by atoms with Gasteiger partial charge in [-0.3, -0.25) is 0 Å². The zero-order chi connectivity index (χ0) is 16.3. The monoisotopic (exact) mass is 316 g/mol. The summed E-state index contributed by atoms with van der Waals surface area (Å²) in [7, 11) is 0. The van der Waals surface area contributed by atoms with Crippen LogP contribution in [0.4, 0.5) is 0 Å². The maximum Gasteiger partial charge on any atom is 0.330 e. The number of carboxylic acid groups (broad SMARTS) is 1. The number of hydrogen-bond acceptors (Lipinski definition) is 3. The summed E-state index contributed by atoms with van der Waals surface area (Å²) < 4.78 is 12.3. The molecule has 0 bridgehead atoms. The minimum Gasteiger partial charge on any atom is -0.478 e. The van der Waals surface area contributed by atoms with E-state index in [9.17, 15) is 9.90 Å². The topological polar surface area (TPSA) is 55.8 Å². The largest absolute Gasteiger partial charge is 0.478 e. The summed E-state index contributed by atoms with van der Waals surface area (Å²) in [6.07, 6.45) is 6.43. The molecule has 1 N–H and O–H groups in total. The zero-order valence-electron chi connectivity index (χ0n) is 13.6. The first-order valence-corrected chi connectivity index (χ1v) is 8.33. The molecule has 0 aromatic heterocycles. The maximum atomic E-state index is 11.2. The lowest BCUT2D eigenvalue weighted by Crippen LogP contribution is -2.54. The summed E-state index contributed by atoms with van der Waals surface area (Å²) in [6.45, 7) is 2.86. The van der Waals surface area contributed by atoms with E-state index in [0.717, 1.165) is 25.7 Å². The minimum atomic E-state index is -0.869. The predicted molar refractivity (Wildman–Crippen MR) is 87.2 cm³/mol. The summed E-state index contributed by atoms with van der Waals surface area (Å²) >= 11 is 0. The van der Waals surface area contributed by atoms with Gasteiger partial charge in [0.2, 0.25) is 0 Å². The van der Waals surface area contributed by atoms with Crippen molar-refractivity contribution in [1.29, 1.82) is 0 Å². The van der Waals surface area contributed by atoms with Crippen molar-refractivity contribution in [1.82, 2.24) is 0 Å². The number of hydrogen-bond donors (Lipinski definition) is 1. The maximum absolute atomic E-state index is 11.2. The third-order valence-electron chi connectivity index (χ3n) is 5.26. The minimum absolute atomic E-state index is 0.320. The molecule has 0 radical (unpaired) electrons. The van der Waals surface area contributed by atoms with Crippen LogP contribution in [0.3, 0.4) is 0 Å². The molecule has 1 unspecified atom stereocenters. The Morgan fingerprint density at radius 1 is 1.17 bits per heavy atom. The lowest BCUT2D eigenvalue weighted by Gasteiger charge is -2.50. The van der Waals surface area contributed by atoms with Crippen LogP contribution in [0.5, 0.6) is 0 Å². The number of rotatable bonds is 4. The van der Waals surface area contributed by atoms with E-state index >= 15 is 0 Å². The van der Waals surface area contributed by atoms with E-state index in [-0.39, 0.29) is 5.41 Å². The average molecular weight is 316 g/mol. The van der Waals surface area contributed by atoms with Crippen molar-refractivity contribution in [3.05, 3.63) is 47.5 Å². The fourth-order valence-corrected chi connectivity index (χ4v) is 4.00. The van der Waals surface area contributed by atoms with Gasteiger partial charge in [0.1, 0.15) is 0 Å². The molecular weight excluding hydrogens is 292 g/mol. The highest BCUT2D eigenvalue weighted by Crippen LogP contribution is 2.53. The summed E-state index contributed by atoms with van der Waals surface area (Å²) in [5.74, 6) is -1.49. The molecule has 1 spiro atoms. The molecule has 1 aliphatic carbocycles. The van der Waals surface area contributed by atoms with E-state index in [1.165, 1.54) is 5.56 Å². The second-order valence-electron chi connectivity index (χ2n) is 6.50. The third-order valence-corrected chi connectivity index (χ3v) is 5.26. The van der Waals surface area contributed by atoms with Crippen molar-refractivity contribution < 1.29 is 19.4 Å². The quantitative estimate of drug-likeness (QED) is 0.861. The summed E-state index contributed by atoms with van der Waals surface area (Å²) in [5.41, 5.74) is 1.23. The first kappa shape index (κ1) is 16.2. The molecule has 2 fully saturated rings. The van der Waals surface area contributed by atoms with Gasteiger partial charge in [0.25, 0.3) is 0 Å². The lowest BCUT2D eigenvalue weighted by atomic mass is 9.63. The third kappa shape index (κ3) is 2.81. The highest BCUT2D eigenvalue weighted by Gasteiger charge is 2.57. The van der Waals surface area contributed by atoms with Crippen LogP contribution in [0.1, 0.15) is 44.6 Å². The standard InChI is InChI=1S/C19H24O4/c1-15(17(20)21)9-12-18(16-7-3-2-4-8-16)10-5-6-11-19(18)22-13-14-23-19/h2-4,7-9H,5-6,10-14H2,1H3,(H,20,21)/b15-9+. The Kier molecular flexibility index (Phi) is 4.55. The SMILES string of the molecule is C/C(=C\CC1(c2ccccc2)CCCCC12OCCO2)C(=O)O. The van der Waals surface area contributed by atoms with Gasteiger partial charge in [-0.25, -0.2) is 4.79 Å². The number of ether oxygens (including phenoxy) is 2. The van der Waals surface area contributed by atoms with Gasteiger partial charge >= 0.3 is 5.97 Å². The van der Waals surface area contributed by atoms with E-state index in [0.29, 0.717) is 25.2 Å². The van der Waals surface area contributed by atoms with Crippen molar-refractivity contribution in [2.24, 2.45) is 0 Å². The fraction of sp³-hybridized carbons (Fsp3) is 0.526. The zero-order valence-corrected chi connectivity index (χ0v) is 13.6. The van der Waals surface area contributed by atoms with Crippen molar-refractivity contribution in [3.8, 4) is 0 Å². The molecule has 23 heavy (non-hydrogen) atoms. The van der Waals surface area contributed by atoms with E-state index in [1.807, 2.05) is 24.3 Å². The highest BCUT2D eigenvalue weighted by molar-refractivity contribution is 5.85. The van der Waals surface area contributed by atoms with E-state index in [1.54, 1.807) is 6.92 Å². The van der Waals surface area contributed by atoms with Gasteiger partial charge in [0.15, 0.2) is 5.79 Å². The Balaban J connectivity index is 2.05. The van der Waals surface area contributed by atoms with Crippen LogP contribution in [-0.4, -0.2) is 30.1 Å². The first-order chi connectivity index (χ1) is 11.1. The summed E-state index contributed by atoms with van der Waals surface area (Å²) in [6, 6.07) is 10.3. The van der Waals surface area contributed by atoms with Crippen LogP contribution in [0.15, 0.2) is 42.0 Å². The number of aliphatic carboxylic acids is 1. The molecule has 0 amide bonds.